The molecule has 0 bridgehead atoms. The topological polar surface area (TPSA) is 127 Å². The van der Waals surface area contributed by atoms with Crippen LogP contribution in [0.3, 0.4) is 0 Å². The van der Waals surface area contributed by atoms with Crippen molar-refractivity contribution in [1.29, 1.82) is 0 Å². The summed E-state index contributed by atoms with van der Waals surface area (Å²) in [5.74, 6) is -2.85. The van der Waals surface area contributed by atoms with Gasteiger partial charge in [0.2, 0.25) is 0 Å². The molecule has 0 saturated carbocycles. The Balaban J connectivity index is -0.000000175. The molecule has 0 atom stereocenters. The Morgan fingerprint density at radius 1 is 0.633 bits per heavy atom. The van der Waals surface area contributed by atoms with Crippen LogP contribution in [0.25, 0.3) is 0 Å². The summed E-state index contributed by atoms with van der Waals surface area (Å²) in [6.45, 7) is 25.9. The summed E-state index contributed by atoms with van der Waals surface area (Å²) in [7, 11) is 0. The fourth-order valence-corrected chi connectivity index (χ4v) is 0.515. The molecule has 0 aromatic heterocycles. The van der Waals surface area contributed by atoms with Crippen molar-refractivity contribution in [2.75, 3.05) is 13.2 Å². The van der Waals surface area contributed by atoms with Gasteiger partial charge in [-0.25, -0.2) is 19.2 Å². The average molecular weight is 424 g/mol. The molecule has 2 N–H and O–H groups in total. The number of carboxylic acid groups (broad SMARTS) is 2. The first-order valence-electron chi connectivity index (χ1n) is 8.31. The minimum Gasteiger partial charge on any atom is -0.478 e. The molecule has 30 heavy (non-hydrogen) atoms. The summed E-state index contributed by atoms with van der Waals surface area (Å²) in [5.41, 5.74) is 0.984. The Labute approximate surface area is 178 Å². The highest BCUT2D eigenvalue weighted by Gasteiger charge is 2.05. The Kier molecular flexibility index (Phi) is 24.4. The van der Waals surface area contributed by atoms with E-state index in [0.717, 1.165) is 0 Å². The Hall–Kier alpha value is -3.68. The summed E-state index contributed by atoms with van der Waals surface area (Å²) in [5, 5.41) is 15.8. The van der Waals surface area contributed by atoms with E-state index in [-0.39, 0.29) is 24.4 Å². The van der Waals surface area contributed by atoms with Crippen LogP contribution in [0.2, 0.25) is 0 Å². The number of carbonyl (C=O) groups excluding carboxylic acids is 2. The van der Waals surface area contributed by atoms with Gasteiger partial charge in [0.25, 0.3) is 0 Å². The first kappa shape index (κ1) is 33.9. The van der Waals surface area contributed by atoms with E-state index in [1.807, 2.05) is 0 Å². The van der Waals surface area contributed by atoms with Gasteiger partial charge in [-0.2, -0.15) is 0 Å². The van der Waals surface area contributed by atoms with Gasteiger partial charge < -0.3 is 19.7 Å². The fourth-order valence-electron chi connectivity index (χ4n) is 0.515. The van der Waals surface area contributed by atoms with Crippen molar-refractivity contribution in [1.82, 2.24) is 0 Å². The van der Waals surface area contributed by atoms with Crippen molar-refractivity contribution < 1.29 is 38.9 Å². The van der Waals surface area contributed by atoms with Crippen LogP contribution >= 0.6 is 0 Å². The van der Waals surface area contributed by atoms with Crippen molar-refractivity contribution in [3.8, 4) is 0 Å². The van der Waals surface area contributed by atoms with Crippen LogP contribution in [0.5, 0.6) is 0 Å². The lowest BCUT2D eigenvalue weighted by Crippen LogP contribution is -2.14. The molecule has 0 saturated heterocycles. The molecule has 0 amide bonds. The van der Waals surface area contributed by atoms with E-state index >= 15 is 0 Å². The fraction of sp³-hybridized carbons (Fsp3) is 0.273. The predicted molar refractivity (Wildman–Crippen MR) is 117 cm³/mol. The van der Waals surface area contributed by atoms with E-state index in [0.29, 0.717) is 11.1 Å². The highest BCUT2D eigenvalue weighted by molar-refractivity contribution is 5.87. The van der Waals surface area contributed by atoms with E-state index in [2.05, 4.69) is 48.9 Å². The molecule has 0 unspecified atom stereocenters. The molecule has 0 aliphatic rings. The van der Waals surface area contributed by atoms with Gasteiger partial charge in [0.1, 0.15) is 13.2 Å². The van der Waals surface area contributed by atoms with Gasteiger partial charge in [0.05, 0.1) is 0 Å². The molecule has 168 valence electrons. The number of aliphatic carboxylic acids is 2. The zero-order valence-electron chi connectivity index (χ0n) is 18.2. The Morgan fingerprint density at radius 3 is 0.933 bits per heavy atom. The van der Waals surface area contributed by atoms with E-state index in [1.165, 1.54) is 13.8 Å². The quantitative estimate of drug-likeness (QED) is 0.260. The molecule has 8 heteroatoms. The van der Waals surface area contributed by atoms with Crippen LogP contribution in [0.4, 0.5) is 0 Å². The molecule has 0 spiro atoms. The molecular formula is C22H32O8. The van der Waals surface area contributed by atoms with Crippen molar-refractivity contribution in [3.63, 3.8) is 0 Å². The van der Waals surface area contributed by atoms with Crippen LogP contribution < -0.4 is 0 Å². The maximum atomic E-state index is 10.8. The Bertz CT molecular complexity index is 587. The number of allylic oxidation sites excluding steroid dienone is 2. The van der Waals surface area contributed by atoms with Crippen LogP contribution in [0.1, 0.15) is 27.7 Å². The highest BCUT2D eigenvalue weighted by atomic mass is 16.6. The van der Waals surface area contributed by atoms with Gasteiger partial charge in [-0.3, -0.25) is 0 Å². The molecule has 0 heterocycles. The average Bonchev–Trinajstić information content (AvgIpc) is 2.65. The summed E-state index contributed by atoms with van der Waals surface area (Å²) in [4.78, 5) is 40.9. The molecule has 0 radical (unpaired) electrons. The van der Waals surface area contributed by atoms with Crippen molar-refractivity contribution in [2.24, 2.45) is 0 Å². The third kappa shape index (κ3) is 32.0. The number of carboxylic acids is 2. The lowest BCUT2D eigenvalue weighted by atomic mass is 10.4. The summed E-state index contributed by atoms with van der Waals surface area (Å²) in [6, 6.07) is 0. The minimum absolute atomic E-state index is 0.0325. The maximum absolute atomic E-state index is 10.8. The van der Waals surface area contributed by atoms with Crippen molar-refractivity contribution >= 4 is 23.9 Å². The van der Waals surface area contributed by atoms with E-state index in [4.69, 9.17) is 10.2 Å². The standard InChI is InChI=1S/C10H14O4.2C4H6O2.C4H6/c1-7(2)9(11)13-5-6-14-10(12)8(3)4;2*1-3(2)4(5)6;1-3-4-2/h1,3,5-6H2,2,4H3;2*1H2,2H3,(H,5,6);3-4H,1-2H2. The van der Waals surface area contributed by atoms with Gasteiger partial charge in [0, 0.05) is 22.3 Å². The monoisotopic (exact) mass is 424 g/mol. The second kappa shape index (κ2) is 21.6. The number of hydrogen-bond donors (Lipinski definition) is 2. The van der Waals surface area contributed by atoms with Crippen LogP contribution in [0.15, 0.2) is 73.9 Å². The molecule has 0 aromatic rings. The van der Waals surface area contributed by atoms with Gasteiger partial charge in [-0.15, -0.1) is 0 Å². The van der Waals surface area contributed by atoms with Gasteiger partial charge in [-0.1, -0.05) is 51.6 Å². The third-order valence-corrected chi connectivity index (χ3v) is 2.14. The van der Waals surface area contributed by atoms with Gasteiger partial charge in [0.15, 0.2) is 0 Å². The minimum atomic E-state index is -0.935. The number of carbonyl (C=O) groups is 4. The molecule has 0 aliphatic heterocycles. The van der Waals surface area contributed by atoms with Crippen molar-refractivity contribution in [2.45, 2.75) is 27.7 Å². The van der Waals surface area contributed by atoms with Crippen LogP contribution in [0, 0.1) is 0 Å². The lowest BCUT2D eigenvalue weighted by molar-refractivity contribution is -0.147. The second-order valence-electron chi connectivity index (χ2n) is 5.47. The number of esters is 2. The lowest BCUT2D eigenvalue weighted by Gasteiger charge is -2.05. The molecular weight excluding hydrogens is 392 g/mol. The van der Waals surface area contributed by atoms with Crippen LogP contribution in [-0.4, -0.2) is 47.3 Å². The molecule has 0 rings (SSSR count). The molecule has 0 fully saturated rings. The molecule has 0 aliphatic carbocycles. The normalized spacial score (nSPS) is 7.87. The van der Waals surface area contributed by atoms with E-state index in [1.54, 1.807) is 26.0 Å². The highest BCUT2D eigenvalue weighted by Crippen LogP contribution is 1.94. The zero-order valence-corrected chi connectivity index (χ0v) is 18.2. The number of rotatable bonds is 8. The zero-order chi connectivity index (χ0) is 24.9. The Morgan fingerprint density at radius 2 is 0.833 bits per heavy atom. The predicted octanol–water partition coefficient (Wildman–Crippen LogP) is 3.88. The first-order valence-corrected chi connectivity index (χ1v) is 8.31. The first-order chi connectivity index (χ1) is 13.6. The number of ether oxygens (including phenoxy) is 2. The van der Waals surface area contributed by atoms with Gasteiger partial charge in [-0.05, 0) is 27.7 Å². The van der Waals surface area contributed by atoms with E-state index in [9.17, 15) is 19.2 Å². The summed E-state index contributed by atoms with van der Waals surface area (Å²) in [6.07, 6.45) is 3.28. The smallest absolute Gasteiger partial charge is 0.333 e. The number of hydrogen-bond acceptors (Lipinski definition) is 6. The SMILES string of the molecule is C=C(C)C(=O)O.C=C(C)C(=O)O.C=C(C)C(=O)OCCOC(=O)C(=C)C.C=CC=C. The second-order valence-corrected chi connectivity index (χ2v) is 5.47. The summed E-state index contributed by atoms with van der Waals surface area (Å²) >= 11 is 0. The van der Waals surface area contributed by atoms with E-state index < -0.39 is 23.9 Å². The van der Waals surface area contributed by atoms with Crippen molar-refractivity contribution in [3.05, 3.63) is 73.9 Å². The molecule has 8 nitrogen and oxygen atoms in total. The third-order valence-electron chi connectivity index (χ3n) is 2.14. The van der Waals surface area contributed by atoms with Gasteiger partial charge >= 0.3 is 23.9 Å². The largest absolute Gasteiger partial charge is 0.478 e. The summed E-state index contributed by atoms with van der Waals surface area (Å²) < 4.78 is 9.38. The maximum Gasteiger partial charge on any atom is 0.333 e. The molecule has 0 aromatic carbocycles. The van der Waals surface area contributed by atoms with Crippen LogP contribution in [-0.2, 0) is 28.7 Å².